The zero-order valence-electron chi connectivity index (χ0n) is 21.0. The molecule has 4 aromatic rings. The van der Waals surface area contributed by atoms with Crippen LogP contribution in [0.4, 0.5) is 0 Å². The van der Waals surface area contributed by atoms with E-state index in [1.807, 2.05) is 42.5 Å². The molecular weight excluding hydrogens is 494 g/mol. The van der Waals surface area contributed by atoms with Gasteiger partial charge in [-0.2, -0.15) is 0 Å². The van der Waals surface area contributed by atoms with E-state index in [1.54, 1.807) is 26.0 Å². The summed E-state index contributed by atoms with van der Waals surface area (Å²) in [5, 5.41) is 2.64. The van der Waals surface area contributed by atoms with Crippen LogP contribution in [0.1, 0.15) is 39.5 Å². The number of esters is 2. The fraction of sp³-hybridized carbons (Fsp3) is 0.345. The number of aromatic nitrogens is 1. The highest BCUT2D eigenvalue weighted by Crippen LogP contribution is 2.33. The average Bonchev–Trinajstić information content (AvgIpc) is 3.31. The number of unbranched alkanes of at least 4 members (excludes halogenated alkanes) is 2. The van der Waals surface area contributed by atoms with Gasteiger partial charge in [0, 0.05) is 10.6 Å². The van der Waals surface area contributed by atoms with Crippen LogP contribution in [0.5, 0.6) is 5.75 Å². The maximum atomic E-state index is 12.1. The lowest BCUT2D eigenvalue weighted by molar-refractivity contribution is -0.161. The highest BCUT2D eigenvalue weighted by Gasteiger charge is 2.28. The number of carbonyl (C=O) groups excluding carboxylic acids is 2. The molecule has 0 bridgehead atoms. The van der Waals surface area contributed by atoms with Gasteiger partial charge in [0.1, 0.15) is 11.3 Å². The molecule has 1 heterocycles. The van der Waals surface area contributed by atoms with E-state index in [0.717, 1.165) is 40.4 Å². The molecule has 0 saturated carbocycles. The largest absolute Gasteiger partial charge is 0.494 e. The quantitative estimate of drug-likeness (QED) is 0.112. The third-order valence-electron chi connectivity index (χ3n) is 5.98. The Hall–Kier alpha value is -3.58. The standard InChI is InChI=1S/C29H30ClNO6/c1-3-34-28(32)24(29(33)35-4-2)10-6-5-7-16-36-21-13-14-22-19(17-21)9-8-11-23(22)27-31-25-18-20(30)12-15-26(25)37-27/h8-9,11-15,17-18,24H,3-7,10,16H2,1-2H3. The number of carbonyl (C=O) groups is 2. The van der Waals surface area contributed by atoms with Crippen molar-refractivity contribution < 1.29 is 28.2 Å². The van der Waals surface area contributed by atoms with Gasteiger partial charge in [0.2, 0.25) is 5.89 Å². The zero-order valence-corrected chi connectivity index (χ0v) is 21.8. The Morgan fingerprint density at radius 3 is 2.49 bits per heavy atom. The highest BCUT2D eigenvalue weighted by molar-refractivity contribution is 6.31. The monoisotopic (exact) mass is 523 g/mol. The van der Waals surface area contributed by atoms with Crippen molar-refractivity contribution in [2.45, 2.75) is 39.5 Å². The number of benzene rings is 3. The summed E-state index contributed by atoms with van der Waals surface area (Å²) in [5.74, 6) is -0.595. The minimum absolute atomic E-state index is 0.236. The molecule has 0 atom stereocenters. The van der Waals surface area contributed by atoms with E-state index in [4.69, 9.17) is 30.2 Å². The van der Waals surface area contributed by atoms with Gasteiger partial charge in [-0.1, -0.05) is 36.6 Å². The number of hydrogen-bond acceptors (Lipinski definition) is 7. The summed E-state index contributed by atoms with van der Waals surface area (Å²) in [5.41, 5.74) is 2.30. The SMILES string of the molecule is CCOC(=O)C(CCCCCOc1ccc2c(-c3nc4cc(Cl)ccc4o3)cccc2c1)C(=O)OCC. The van der Waals surface area contributed by atoms with Gasteiger partial charge < -0.3 is 18.6 Å². The topological polar surface area (TPSA) is 87.9 Å². The first-order valence-electron chi connectivity index (χ1n) is 12.6. The third kappa shape index (κ3) is 6.60. The first-order valence-corrected chi connectivity index (χ1v) is 12.9. The summed E-state index contributed by atoms with van der Waals surface area (Å²) in [6.45, 7) is 4.44. The van der Waals surface area contributed by atoms with Gasteiger partial charge in [-0.25, -0.2) is 4.98 Å². The van der Waals surface area contributed by atoms with E-state index in [2.05, 4.69) is 4.98 Å². The van der Waals surface area contributed by atoms with E-state index in [0.29, 0.717) is 35.9 Å². The molecular formula is C29H30ClNO6. The molecule has 0 aliphatic carbocycles. The highest BCUT2D eigenvalue weighted by atomic mass is 35.5. The second-order valence-electron chi connectivity index (χ2n) is 8.57. The molecule has 4 rings (SSSR count). The van der Waals surface area contributed by atoms with Gasteiger partial charge in [-0.3, -0.25) is 9.59 Å². The van der Waals surface area contributed by atoms with Crippen LogP contribution in [-0.4, -0.2) is 36.7 Å². The molecule has 0 radical (unpaired) electrons. The van der Waals surface area contributed by atoms with Crippen molar-refractivity contribution in [3.05, 3.63) is 59.6 Å². The van der Waals surface area contributed by atoms with Crippen LogP contribution in [0.15, 0.2) is 59.0 Å². The molecule has 194 valence electrons. The third-order valence-corrected chi connectivity index (χ3v) is 6.22. The number of hydrogen-bond donors (Lipinski definition) is 0. The smallest absolute Gasteiger partial charge is 0.320 e. The van der Waals surface area contributed by atoms with Crippen molar-refractivity contribution in [3.63, 3.8) is 0 Å². The Morgan fingerprint density at radius 1 is 0.946 bits per heavy atom. The minimum Gasteiger partial charge on any atom is -0.494 e. The van der Waals surface area contributed by atoms with E-state index in [9.17, 15) is 9.59 Å². The first kappa shape index (κ1) is 26.5. The predicted octanol–water partition coefficient (Wildman–Crippen LogP) is 6.98. The Morgan fingerprint density at radius 2 is 1.73 bits per heavy atom. The minimum atomic E-state index is -0.867. The number of fused-ring (bicyclic) bond motifs is 2. The summed E-state index contributed by atoms with van der Waals surface area (Å²) in [4.78, 5) is 28.8. The van der Waals surface area contributed by atoms with Crippen molar-refractivity contribution in [1.82, 2.24) is 4.98 Å². The van der Waals surface area contributed by atoms with Crippen LogP contribution in [0, 0.1) is 5.92 Å². The maximum absolute atomic E-state index is 12.1. The molecule has 0 aliphatic heterocycles. The molecule has 0 amide bonds. The van der Waals surface area contributed by atoms with Gasteiger partial charge in [-0.05, 0) is 79.9 Å². The average molecular weight is 524 g/mol. The lowest BCUT2D eigenvalue weighted by Gasteiger charge is -2.14. The Kier molecular flexibility index (Phi) is 9.01. The summed E-state index contributed by atoms with van der Waals surface area (Å²) < 4.78 is 22.0. The molecule has 1 aromatic heterocycles. The van der Waals surface area contributed by atoms with Crippen LogP contribution in [0.25, 0.3) is 33.3 Å². The molecule has 0 spiro atoms. The number of ether oxygens (including phenoxy) is 3. The summed E-state index contributed by atoms with van der Waals surface area (Å²) >= 11 is 6.09. The lowest BCUT2D eigenvalue weighted by atomic mass is 10.0. The normalized spacial score (nSPS) is 11.2. The molecule has 0 fully saturated rings. The maximum Gasteiger partial charge on any atom is 0.320 e. The van der Waals surface area contributed by atoms with Crippen LogP contribution < -0.4 is 4.74 Å². The summed E-state index contributed by atoms with van der Waals surface area (Å²) in [6, 6.07) is 17.3. The second-order valence-corrected chi connectivity index (χ2v) is 9.01. The fourth-order valence-electron chi connectivity index (χ4n) is 4.19. The Labute approximate surface area is 220 Å². The number of oxazole rings is 1. The van der Waals surface area contributed by atoms with Crippen LogP contribution in [0.3, 0.4) is 0 Å². The molecule has 0 saturated heterocycles. The number of halogens is 1. The van der Waals surface area contributed by atoms with Gasteiger partial charge in [-0.15, -0.1) is 0 Å². The van der Waals surface area contributed by atoms with Crippen LogP contribution >= 0.6 is 11.6 Å². The van der Waals surface area contributed by atoms with Gasteiger partial charge in [0.05, 0.1) is 19.8 Å². The predicted molar refractivity (Wildman–Crippen MR) is 143 cm³/mol. The van der Waals surface area contributed by atoms with Crippen molar-refractivity contribution in [2.75, 3.05) is 19.8 Å². The van der Waals surface area contributed by atoms with E-state index in [-0.39, 0.29) is 13.2 Å². The molecule has 0 unspecified atom stereocenters. The molecule has 0 N–H and O–H groups in total. The fourth-order valence-corrected chi connectivity index (χ4v) is 4.36. The second kappa shape index (κ2) is 12.6. The van der Waals surface area contributed by atoms with Crippen molar-refractivity contribution in [3.8, 4) is 17.2 Å². The van der Waals surface area contributed by atoms with E-state index in [1.165, 1.54) is 0 Å². The Bertz CT molecular complexity index is 1360. The van der Waals surface area contributed by atoms with Crippen molar-refractivity contribution >= 4 is 45.4 Å². The van der Waals surface area contributed by atoms with E-state index >= 15 is 0 Å². The number of nitrogens with zero attached hydrogens (tertiary/aromatic N) is 1. The summed E-state index contributed by atoms with van der Waals surface area (Å²) in [6.07, 6.45) is 2.71. The summed E-state index contributed by atoms with van der Waals surface area (Å²) in [7, 11) is 0. The molecule has 8 heteroatoms. The first-order chi connectivity index (χ1) is 18.0. The van der Waals surface area contributed by atoms with Gasteiger partial charge in [0.25, 0.3) is 0 Å². The van der Waals surface area contributed by atoms with Crippen LogP contribution in [0.2, 0.25) is 5.02 Å². The van der Waals surface area contributed by atoms with E-state index < -0.39 is 17.9 Å². The molecule has 3 aromatic carbocycles. The molecule has 37 heavy (non-hydrogen) atoms. The van der Waals surface area contributed by atoms with Crippen molar-refractivity contribution in [2.24, 2.45) is 5.92 Å². The van der Waals surface area contributed by atoms with Crippen LogP contribution in [-0.2, 0) is 19.1 Å². The van der Waals surface area contributed by atoms with Crippen molar-refractivity contribution in [1.29, 1.82) is 0 Å². The molecule has 7 nitrogen and oxygen atoms in total. The van der Waals surface area contributed by atoms with Gasteiger partial charge >= 0.3 is 11.9 Å². The zero-order chi connectivity index (χ0) is 26.2. The number of rotatable bonds is 12. The Balaban J connectivity index is 1.33. The lowest BCUT2D eigenvalue weighted by Crippen LogP contribution is -2.28. The molecule has 0 aliphatic rings. The van der Waals surface area contributed by atoms with Gasteiger partial charge in [0.15, 0.2) is 11.5 Å².